The summed E-state index contributed by atoms with van der Waals surface area (Å²) in [5.41, 5.74) is 0.118. The van der Waals surface area contributed by atoms with Crippen LogP contribution in [0.1, 0.15) is 45.1 Å². The standard InChI is InChI=1S/C15H21ClF2/c1-3-5-7-11(4-2)13(16)10-12-14(17)8-6-9-15(12)18/h6,8-9,11,13H,3-5,7,10H2,1-2H3. The summed E-state index contributed by atoms with van der Waals surface area (Å²) in [4.78, 5) is 0. The smallest absolute Gasteiger partial charge is 0.129 e. The highest BCUT2D eigenvalue weighted by Crippen LogP contribution is 2.26. The quantitative estimate of drug-likeness (QED) is 0.590. The fraction of sp³-hybridized carbons (Fsp3) is 0.600. The minimum absolute atomic E-state index is 0.118. The molecule has 0 spiro atoms. The minimum atomic E-state index is -0.494. The summed E-state index contributed by atoms with van der Waals surface area (Å²) in [6.07, 6.45) is 4.47. The molecule has 1 aromatic carbocycles. The Labute approximate surface area is 113 Å². The van der Waals surface area contributed by atoms with Crippen LogP contribution in [0.25, 0.3) is 0 Å². The van der Waals surface area contributed by atoms with Crippen LogP contribution in [0, 0.1) is 17.6 Å². The second-order valence-electron chi connectivity index (χ2n) is 4.73. The number of halogens is 3. The molecule has 2 unspecified atom stereocenters. The van der Waals surface area contributed by atoms with Crippen molar-refractivity contribution in [2.75, 3.05) is 0 Å². The van der Waals surface area contributed by atoms with Crippen LogP contribution >= 0.6 is 11.6 Å². The van der Waals surface area contributed by atoms with Gasteiger partial charge in [-0.2, -0.15) is 0 Å². The van der Waals surface area contributed by atoms with Crippen molar-refractivity contribution < 1.29 is 8.78 Å². The third-order valence-corrected chi connectivity index (χ3v) is 3.94. The maximum atomic E-state index is 13.5. The fourth-order valence-corrected chi connectivity index (χ4v) is 2.65. The summed E-state index contributed by atoms with van der Waals surface area (Å²) >= 11 is 6.33. The third-order valence-electron chi connectivity index (χ3n) is 3.43. The molecule has 3 heteroatoms. The van der Waals surface area contributed by atoms with Crippen molar-refractivity contribution in [1.29, 1.82) is 0 Å². The van der Waals surface area contributed by atoms with E-state index in [2.05, 4.69) is 13.8 Å². The molecule has 0 aliphatic carbocycles. The second kappa shape index (κ2) is 7.73. The van der Waals surface area contributed by atoms with Gasteiger partial charge in [0, 0.05) is 10.9 Å². The lowest BCUT2D eigenvalue weighted by molar-refractivity contribution is 0.420. The van der Waals surface area contributed by atoms with Crippen LogP contribution in [-0.4, -0.2) is 5.38 Å². The number of benzene rings is 1. The van der Waals surface area contributed by atoms with Crippen molar-refractivity contribution in [1.82, 2.24) is 0 Å². The topological polar surface area (TPSA) is 0 Å². The molecule has 0 aliphatic rings. The van der Waals surface area contributed by atoms with Gasteiger partial charge in [0.1, 0.15) is 11.6 Å². The first-order valence-electron chi connectivity index (χ1n) is 6.67. The monoisotopic (exact) mass is 274 g/mol. The Morgan fingerprint density at radius 1 is 1.17 bits per heavy atom. The Bertz CT molecular complexity index is 345. The lowest BCUT2D eigenvalue weighted by Gasteiger charge is -2.21. The van der Waals surface area contributed by atoms with Crippen molar-refractivity contribution >= 4 is 11.6 Å². The predicted octanol–water partition coefficient (Wildman–Crippen LogP) is 5.33. The van der Waals surface area contributed by atoms with Gasteiger partial charge in [-0.05, 0) is 30.9 Å². The zero-order valence-electron chi connectivity index (χ0n) is 11.1. The van der Waals surface area contributed by atoms with Crippen LogP contribution in [0.15, 0.2) is 18.2 Å². The molecule has 0 aromatic heterocycles. The third kappa shape index (κ3) is 4.24. The first-order valence-corrected chi connectivity index (χ1v) is 7.10. The van der Waals surface area contributed by atoms with Crippen LogP contribution in [0.2, 0.25) is 0 Å². The van der Waals surface area contributed by atoms with E-state index in [1.165, 1.54) is 18.2 Å². The van der Waals surface area contributed by atoms with Crippen LogP contribution < -0.4 is 0 Å². The van der Waals surface area contributed by atoms with E-state index >= 15 is 0 Å². The molecule has 0 aliphatic heterocycles. The summed E-state index contributed by atoms with van der Waals surface area (Å²) in [6, 6.07) is 3.95. The summed E-state index contributed by atoms with van der Waals surface area (Å²) in [7, 11) is 0. The molecule has 0 amide bonds. The van der Waals surface area contributed by atoms with Crippen molar-refractivity contribution in [3.8, 4) is 0 Å². The number of hydrogen-bond acceptors (Lipinski definition) is 0. The average molecular weight is 275 g/mol. The molecule has 0 radical (unpaired) electrons. The minimum Gasteiger partial charge on any atom is -0.207 e. The maximum Gasteiger partial charge on any atom is 0.129 e. The molecule has 102 valence electrons. The van der Waals surface area contributed by atoms with Gasteiger partial charge in [-0.25, -0.2) is 8.78 Å². The van der Waals surface area contributed by atoms with E-state index in [1.807, 2.05) is 0 Å². The van der Waals surface area contributed by atoms with Gasteiger partial charge in [0.25, 0.3) is 0 Å². The summed E-state index contributed by atoms with van der Waals surface area (Å²) in [5, 5.41) is -0.201. The van der Waals surface area contributed by atoms with Gasteiger partial charge in [0.15, 0.2) is 0 Å². The second-order valence-corrected chi connectivity index (χ2v) is 5.29. The zero-order valence-corrected chi connectivity index (χ0v) is 11.8. The molecule has 18 heavy (non-hydrogen) atoms. The van der Waals surface area contributed by atoms with Crippen molar-refractivity contribution in [2.45, 2.75) is 51.3 Å². The van der Waals surface area contributed by atoms with E-state index in [9.17, 15) is 8.78 Å². The molecule has 0 saturated carbocycles. The highest BCUT2D eigenvalue weighted by atomic mass is 35.5. The molecule has 0 fully saturated rings. The van der Waals surface area contributed by atoms with Gasteiger partial charge in [0.2, 0.25) is 0 Å². The number of rotatable bonds is 7. The van der Waals surface area contributed by atoms with E-state index in [0.717, 1.165) is 25.7 Å². The summed E-state index contributed by atoms with van der Waals surface area (Å²) in [5.74, 6) is -0.664. The zero-order chi connectivity index (χ0) is 13.5. The molecular weight excluding hydrogens is 254 g/mol. The molecule has 1 rings (SSSR count). The Hall–Kier alpha value is -0.630. The van der Waals surface area contributed by atoms with E-state index in [0.29, 0.717) is 5.92 Å². The maximum absolute atomic E-state index is 13.5. The molecule has 0 nitrogen and oxygen atoms in total. The average Bonchev–Trinajstić information content (AvgIpc) is 2.35. The van der Waals surface area contributed by atoms with Crippen molar-refractivity contribution in [2.24, 2.45) is 5.92 Å². The lowest BCUT2D eigenvalue weighted by Crippen LogP contribution is -2.18. The van der Waals surface area contributed by atoms with E-state index in [1.54, 1.807) is 0 Å². The molecule has 1 aromatic rings. The first kappa shape index (κ1) is 15.4. The lowest BCUT2D eigenvalue weighted by atomic mass is 9.91. The van der Waals surface area contributed by atoms with Gasteiger partial charge in [0.05, 0.1) is 0 Å². The van der Waals surface area contributed by atoms with Crippen molar-refractivity contribution in [3.05, 3.63) is 35.4 Å². The highest BCUT2D eigenvalue weighted by molar-refractivity contribution is 6.20. The largest absolute Gasteiger partial charge is 0.207 e. The fourth-order valence-electron chi connectivity index (χ4n) is 2.20. The predicted molar refractivity (Wildman–Crippen MR) is 73.0 cm³/mol. The van der Waals surface area contributed by atoms with Crippen LogP contribution in [0.4, 0.5) is 8.78 Å². The first-order chi connectivity index (χ1) is 8.60. The van der Waals surface area contributed by atoms with Crippen LogP contribution in [0.3, 0.4) is 0 Å². The number of hydrogen-bond donors (Lipinski definition) is 0. The molecule has 0 heterocycles. The Morgan fingerprint density at radius 2 is 1.78 bits per heavy atom. The van der Waals surface area contributed by atoms with Gasteiger partial charge in [-0.15, -0.1) is 11.6 Å². The molecule has 0 bridgehead atoms. The van der Waals surface area contributed by atoms with E-state index < -0.39 is 11.6 Å². The van der Waals surface area contributed by atoms with Gasteiger partial charge in [-0.1, -0.05) is 39.2 Å². The highest BCUT2D eigenvalue weighted by Gasteiger charge is 2.20. The SMILES string of the molecule is CCCCC(CC)C(Cl)Cc1c(F)cccc1F. The molecular formula is C15H21ClF2. The molecule has 0 N–H and O–H groups in total. The number of unbranched alkanes of at least 4 members (excludes halogenated alkanes) is 1. The summed E-state index contributed by atoms with van der Waals surface area (Å²) < 4.78 is 27.1. The summed E-state index contributed by atoms with van der Waals surface area (Å²) in [6.45, 7) is 4.21. The van der Waals surface area contributed by atoms with Gasteiger partial charge >= 0.3 is 0 Å². The Kier molecular flexibility index (Phi) is 6.62. The normalized spacial score (nSPS) is 14.5. The van der Waals surface area contributed by atoms with Crippen molar-refractivity contribution in [3.63, 3.8) is 0 Å². The number of alkyl halides is 1. The van der Waals surface area contributed by atoms with E-state index in [-0.39, 0.29) is 17.4 Å². The molecule has 0 saturated heterocycles. The Morgan fingerprint density at radius 3 is 2.28 bits per heavy atom. The van der Waals surface area contributed by atoms with Crippen LogP contribution in [0.5, 0.6) is 0 Å². The Balaban J connectivity index is 2.70. The van der Waals surface area contributed by atoms with Gasteiger partial charge in [-0.3, -0.25) is 0 Å². The van der Waals surface area contributed by atoms with Crippen LogP contribution in [-0.2, 0) is 6.42 Å². The van der Waals surface area contributed by atoms with Gasteiger partial charge < -0.3 is 0 Å². The molecule has 2 atom stereocenters. The van der Waals surface area contributed by atoms with E-state index in [4.69, 9.17) is 11.6 Å².